The van der Waals surface area contributed by atoms with Crippen LogP contribution in [0.25, 0.3) is 0 Å². The van der Waals surface area contributed by atoms with Gasteiger partial charge < -0.3 is 25.0 Å². The molecule has 0 aromatic heterocycles. The summed E-state index contributed by atoms with van der Waals surface area (Å²) in [5.41, 5.74) is -0.0695. The second kappa shape index (κ2) is 17.6. The lowest BCUT2D eigenvalue weighted by Gasteiger charge is -2.34. The third kappa shape index (κ3) is 13.7. The van der Waals surface area contributed by atoms with Crippen molar-refractivity contribution in [3.8, 4) is 0 Å². The first kappa shape index (κ1) is 37.3. The molecule has 0 aliphatic heterocycles. The number of nitrogens with zero attached hydrogens (tertiary/aromatic N) is 1. The van der Waals surface area contributed by atoms with E-state index in [0.717, 1.165) is 31.2 Å². The number of unbranched alkanes of at least 4 members (excludes halogenated alkanes) is 4. The molecule has 3 amide bonds. The van der Waals surface area contributed by atoms with Crippen LogP contribution in [0.4, 0.5) is 4.79 Å². The van der Waals surface area contributed by atoms with Crippen molar-refractivity contribution in [2.75, 3.05) is 6.54 Å². The van der Waals surface area contributed by atoms with Crippen LogP contribution in [0.5, 0.6) is 0 Å². The Morgan fingerprint density at radius 3 is 1.87 bits per heavy atom. The van der Waals surface area contributed by atoms with E-state index in [4.69, 9.17) is 9.47 Å². The highest BCUT2D eigenvalue weighted by Gasteiger charge is 2.37. The molecular weight excluding hydrogens is 570 g/mol. The Balaban J connectivity index is 2.48. The van der Waals surface area contributed by atoms with E-state index in [1.54, 1.807) is 72.7 Å². The molecule has 3 unspecified atom stereocenters. The number of benzene rings is 2. The number of carbonyl (C=O) groups is 4. The average molecular weight is 624 g/mol. The molecule has 0 spiro atoms. The summed E-state index contributed by atoms with van der Waals surface area (Å²) in [5.74, 6) is -1.51. The Morgan fingerprint density at radius 1 is 0.756 bits per heavy atom. The van der Waals surface area contributed by atoms with E-state index in [1.807, 2.05) is 36.4 Å². The highest BCUT2D eigenvalue weighted by molar-refractivity contribution is 5.93. The Morgan fingerprint density at radius 2 is 1.31 bits per heavy atom. The summed E-state index contributed by atoms with van der Waals surface area (Å²) in [5, 5.41) is 5.56. The molecule has 9 heteroatoms. The minimum atomic E-state index is -1.06. The van der Waals surface area contributed by atoms with Crippen LogP contribution < -0.4 is 10.6 Å². The molecule has 0 aliphatic carbocycles. The number of hydrogen-bond acceptors (Lipinski definition) is 6. The zero-order valence-electron chi connectivity index (χ0n) is 28.4. The van der Waals surface area contributed by atoms with Crippen molar-refractivity contribution in [3.63, 3.8) is 0 Å². The number of amides is 3. The van der Waals surface area contributed by atoms with Crippen molar-refractivity contribution >= 4 is 23.9 Å². The van der Waals surface area contributed by atoms with Gasteiger partial charge in [0, 0.05) is 13.0 Å². The lowest BCUT2D eigenvalue weighted by Crippen LogP contribution is -2.54. The minimum Gasteiger partial charge on any atom is -0.458 e. The molecule has 0 saturated heterocycles. The first-order chi connectivity index (χ1) is 21.1. The smallest absolute Gasteiger partial charge is 0.408 e. The van der Waals surface area contributed by atoms with Crippen molar-refractivity contribution in [2.45, 2.75) is 123 Å². The predicted molar refractivity (Wildman–Crippen MR) is 176 cm³/mol. The van der Waals surface area contributed by atoms with Crippen molar-refractivity contribution in [1.29, 1.82) is 0 Å². The number of hydrogen-bond donors (Lipinski definition) is 2. The highest BCUT2D eigenvalue weighted by Crippen LogP contribution is 2.24. The Kier molecular flexibility index (Phi) is 14.6. The molecule has 2 aromatic rings. The summed E-state index contributed by atoms with van der Waals surface area (Å²) >= 11 is 0. The molecular formula is C36H53N3O6. The van der Waals surface area contributed by atoms with Crippen LogP contribution in [-0.2, 0) is 30.3 Å². The van der Waals surface area contributed by atoms with E-state index < -0.39 is 53.2 Å². The van der Waals surface area contributed by atoms with Gasteiger partial charge in [-0.15, -0.1) is 0 Å². The number of esters is 1. The van der Waals surface area contributed by atoms with Gasteiger partial charge in [-0.05, 0) is 66.0 Å². The fourth-order valence-corrected chi connectivity index (χ4v) is 4.82. The van der Waals surface area contributed by atoms with E-state index in [-0.39, 0.29) is 13.0 Å². The van der Waals surface area contributed by atoms with Crippen LogP contribution in [0.15, 0.2) is 60.7 Å². The van der Waals surface area contributed by atoms with Gasteiger partial charge in [0.25, 0.3) is 0 Å². The quantitative estimate of drug-likeness (QED) is 0.173. The Labute approximate surface area is 269 Å². The number of rotatable bonds is 15. The molecule has 248 valence electrons. The summed E-state index contributed by atoms with van der Waals surface area (Å²) < 4.78 is 11.1. The SMILES string of the molecule is CCCCCCCN(C(=O)C(C)NC(=O)OC(C)(C)C)C(C(=O)NC(Cc1ccccc1)C(=O)OC(C)(C)C)c1ccccc1. The zero-order chi connectivity index (χ0) is 33.6. The van der Waals surface area contributed by atoms with Crippen LogP contribution in [0.1, 0.15) is 105 Å². The largest absolute Gasteiger partial charge is 0.458 e. The van der Waals surface area contributed by atoms with E-state index in [9.17, 15) is 19.2 Å². The fraction of sp³-hybridized carbons (Fsp3) is 0.556. The first-order valence-electron chi connectivity index (χ1n) is 16.0. The summed E-state index contributed by atoms with van der Waals surface area (Å²) in [4.78, 5) is 55.9. The topological polar surface area (TPSA) is 114 Å². The van der Waals surface area contributed by atoms with Gasteiger partial charge >= 0.3 is 12.1 Å². The van der Waals surface area contributed by atoms with Crippen LogP contribution in [0.3, 0.4) is 0 Å². The van der Waals surface area contributed by atoms with Gasteiger partial charge in [-0.1, -0.05) is 93.3 Å². The van der Waals surface area contributed by atoms with Gasteiger partial charge in [0.1, 0.15) is 29.3 Å². The van der Waals surface area contributed by atoms with Gasteiger partial charge in [-0.3, -0.25) is 9.59 Å². The maximum absolute atomic E-state index is 14.3. The second-order valence-electron chi connectivity index (χ2n) is 13.4. The van der Waals surface area contributed by atoms with Crippen molar-refractivity contribution in [2.24, 2.45) is 0 Å². The Bertz CT molecular complexity index is 1220. The van der Waals surface area contributed by atoms with E-state index in [1.165, 1.54) is 4.90 Å². The number of carbonyl (C=O) groups excluding carboxylic acids is 4. The van der Waals surface area contributed by atoms with Crippen molar-refractivity contribution in [1.82, 2.24) is 15.5 Å². The summed E-state index contributed by atoms with van der Waals surface area (Å²) in [6.07, 6.45) is 4.19. The standard InChI is InChI=1S/C36H53N3O6/c1-9-10-11-12-19-24-39(32(41)26(2)37-34(43)45-36(6,7)8)30(28-22-17-14-18-23-28)31(40)38-29(33(42)44-35(3,4)5)25-27-20-15-13-16-21-27/h13-18,20-23,26,29-30H,9-12,19,24-25H2,1-8H3,(H,37,43)(H,38,40). The average Bonchev–Trinajstić information content (AvgIpc) is 2.94. The van der Waals surface area contributed by atoms with Gasteiger partial charge in [-0.25, -0.2) is 9.59 Å². The molecule has 2 N–H and O–H groups in total. The van der Waals surface area contributed by atoms with Crippen LogP contribution >= 0.6 is 0 Å². The van der Waals surface area contributed by atoms with Crippen molar-refractivity contribution in [3.05, 3.63) is 71.8 Å². The van der Waals surface area contributed by atoms with Gasteiger partial charge in [-0.2, -0.15) is 0 Å². The molecule has 0 heterocycles. The normalized spacial score (nSPS) is 13.6. The van der Waals surface area contributed by atoms with Gasteiger partial charge in [0.15, 0.2) is 0 Å². The molecule has 0 aliphatic rings. The minimum absolute atomic E-state index is 0.213. The maximum atomic E-state index is 14.3. The lowest BCUT2D eigenvalue weighted by atomic mass is 10.0. The number of ether oxygens (including phenoxy) is 2. The van der Waals surface area contributed by atoms with Crippen molar-refractivity contribution < 1.29 is 28.7 Å². The predicted octanol–water partition coefficient (Wildman–Crippen LogP) is 6.51. The van der Waals surface area contributed by atoms with E-state index in [0.29, 0.717) is 12.0 Å². The summed E-state index contributed by atoms with van der Waals surface area (Å²) in [6, 6.07) is 15.4. The monoisotopic (exact) mass is 623 g/mol. The third-order valence-electron chi connectivity index (χ3n) is 6.86. The zero-order valence-corrected chi connectivity index (χ0v) is 28.4. The van der Waals surface area contributed by atoms with Gasteiger partial charge in [0.2, 0.25) is 11.8 Å². The molecule has 0 radical (unpaired) electrons. The summed E-state index contributed by atoms with van der Waals surface area (Å²) in [6.45, 7) is 14.5. The highest BCUT2D eigenvalue weighted by atomic mass is 16.6. The van der Waals surface area contributed by atoms with E-state index >= 15 is 0 Å². The van der Waals surface area contributed by atoms with Gasteiger partial charge in [0.05, 0.1) is 0 Å². The van der Waals surface area contributed by atoms with E-state index in [2.05, 4.69) is 17.6 Å². The third-order valence-corrected chi connectivity index (χ3v) is 6.86. The lowest BCUT2D eigenvalue weighted by molar-refractivity contribution is -0.159. The van der Waals surface area contributed by atoms with Crippen LogP contribution in [0.2, 0.25) is 0 Å². The molecule has 0 fully saturated rings. The Hall–Kier alpha value is -3.88. The molecule has 0 saturated carbocycles. The fourth-order valence-electron chi connectivity index (χ4n) is 4.82. The second-order valence-corrected chi connectivity index (χ2v) is 13.4. The molecule has 3 atom stereocenters. The first-order valence-corrected chi connectivity index (χ1v) is 16.0. The number of alkyl carbamates (subject to hydrolysis) is 1. The molecule has 45 heavy (non-hydrogen) atoms. The van der Waals surface area contributed by atoms with Crippen LogP contribution in [0, 0.1) is 0 Å². The summed E-state index contributed by atoms with van der Waals surface area (Å²) in [7, 11) is 0. The maximum Gasteiger partial charge on any atom is 0.408 e. The number of nitrogens with one attached hydrogen (secondary N) is 2. The molecule has 2 rings (SSSR count). The molecule has 9 nitrogen and oxygen atoms in total. The molecule has 0 bridgehead atoms. The van der Waals surface area contributed by atoms with Crippen LogP contribution in [-0.4, -0.2) is 58.6 Å². The molecule has 2 aromatic carbocycles.